The fraction of sp³-hybridized carbons (Fsp3) is 0.176. The third-order valence-electron chi connectivity index (χ3n) is 3.01. The molecule has 25 heavy (non-hydrogen) atoms. The molecule has 0 radical (unpaired) electrons. The van der Waals surface area contributed by atoms with E-state index >= 15 is 0 Å². The molecular formula is C17H12Cl3FO4. The monoisotopic (exact) mass is 404 g/mol. The van der Waals surface area contributed by atoms with Crippen molar-refractivity contribution in [1.29, 1.82) is 0 Å². The maximum absolute atomic E-state index is 13.5. The second kappa shape index (κ2) is 9.04. The van der Waals surface area contributed by atoms with Crippen molar-refractivity contribution in [3.63, 3.8) is 0 Å². The second-order valence-corrected chi connectivity index (χ2v) is 6.18. The van der Waals surface area contributed by atoms with E-state index in [9.17, 15) is 14.0 Å². The molecular weight excluding hydrogens is 394 g/mol. The van der Waals surface area contributed by atoms with Crippen molar-refractivity contribution >= 4 is 46.7 Å². The summed E-state index contributed by atoms with van der Waals surface area (Å²) in [6.07, 6.45) is 0.0160. The molecule has 0 atom stereocenters. The quantitative estimate of drug-likeness (QED) is 0.472. The van der Waals surface area contributed by atoms with Crippen LogP contribution in [0.4, 0.5) is 4.39 Å². The van der Waals surface area contributed by atoms with E-state index in [0.717, 1.165) is 6.07 Å². The Morgan fingerprint density at radius 3 is 2.24 bits per heavy atom. The van der Waals surface area contributed by atoms with Gasteiger partial charge in [0.1, 0.15) is 5.75 Å². The zero-order valence-corrected chi connectivity index (χ0v) is 15.0. The molecule has 2 aromatic carbocycles. The Bertz CT molecular complexity index is 775. The molecule has 0 heterocycles. The summed E-state index contributed by atoms with van der Waals surface area (Å²) in [4.78, 5) is 23.5. The molecule has 0 fully saturated rings. The van der Waals surface area contributed by atoms with Gasteiger partial charge >= 0.3 is 11.9 Å². The van der Waals surface area contributed by atoms with Gasteiger partial charge < -0.3 is 9.47 Å². The zero-order chi connectivity index (χ0) is 18.4. The molecule has 0 aliphatic carbocycles. The van der Waals surface area contributed by atoms with Crippen molar-refractivity contribution in [3.05, 3.63) is 57.3 Å². The van der Waals surface area contributed by atoms with Crippen molar-refractivity contribution < 1.29 is 23.5 Å². The van der Waals surface area contributed by atoms with Crippen LogP contribution in [0.15, 0.2) is 36.4 Å². The average molecular weight is 406 g/mol. The van der Waals surface area contributed by atoms with Crippen LogP contribution in [0.2, 0.25) is 15.1 Å². The van der Waals surface area contributed by atoms with Gasteiger partial charge in [-0.1, -0.05) is 40.9 Å². The minimum absolute atomic E-state index is 0.00913. The molecule has 0 aromatic heterocycles. The lowest BCUT2D eigenvalue weighted by Gasteiger charge is -2.08. The number of hydrogen-bond donors (Lipinski definition) is 0. The topological polar surface area (TPSA) is 52.6 Å². The van der Waals surface area contributed by atoms with Crippen LogP contribution in [0.1, 0.15) is 19.3 Å². The van der Waals surface area contributed by atoms with Gasteiger partial charge in [0.25, 0.3) is 0 Å². The van der Waals surface area contributed by atoms with Gasteiger partial charge in [0, 0.05) is 17.9 Å². The van der Waals surface area contributed by atoms with Crippen molar-refractivity contribution in [2.24, 2.45) is 0 Å². The van der Waals surface area contributed by atoms with E-state index < -0.39 is 17.8 Å². The molecule has 0 aliphatic rings. The van der Waals surface area contributed by atoms with Crippen LogP contribution in [0.3, 0.4) is 0 Å². The predicted molar refractivity (Wildman–Crippen MR) is 93.0 cm³/mol. The Labute approximate surface area is 158 Å². The van der Waals surface area contributed by atoms with Crippen LogP contribution in [0.5, 0.6) is 11.5 Å². The Morgan fingerprint density at radius 2 is 1.60 bits per heavy atom. The van der Waals surface area contributed by atoms with Gasteiger partial charge in [0.15, 0.2) is 11.6 Å². The largest absolute Gasteiger partial charge is 0.425 e. The lowest BCUT2D eigenvalue weighted by Crippen LogP contribution is -2.12. The summed E-state index contributed by atoms with van der Waals surface area (Å²) in [5.41, 5.74) is 0. The van der Waals surface area contributed by atoms with E-state index in [2.05, 4.69) is 0 Å². The van der Waals surface area contributed by atoms with E-state index in [-0.39, 0.29) is 40.8 Å². The summed E-state index contributed by atoms with van der Waals surface area (Å²) >= 11 is 17.4. The molecule has 8 heteroatoms. The third kappa shape index (κ3) is 5.88. The highest BCUT2D eigenvalue weighted by Crippen LogP contribution is 2.29. The zero-order valence-electron chi connectivity index (χ0n) is 12.7. The average Bonchev–Trinajstić information content (AvgIpc) is 2.54. The Kier molecular flexibility index (Phi) is 7.05. The number of rotatable bonds is 6. The molecule has 0 amide bonds. The number of carbonyl (C=O) groups excluding carboxylic acids is 2. The number of para-hydroxylation sites is 1. The van der Waals surface area contributed by atoms with Crippen LogP contribution in [0, 0.1) is 5.82 Å². The van der Waals surface area contributed by atoms with Crippen LogP contribution in [-0.4, -0.2) is 11.9 Å². The van der Waals surface area contributed by atoms with Gasteiger partial charge in [-0.05, 0) is 36.8 Å². The second-order valence-electron chi connectivity index (χ2n) is 4.93. The SMILES string of the molecule is O=C(CCCC(=O)Oc1c(F)cccc1Cl)Oc1ccc(Cl)cc1Cl. The molecule has 0 spiro atoms. The highest BCUT2D eigenvalue weighted by Gasteiger charge is 2.14. The van der Waals surface area contributed by atoms with Gasteiger partial charge in [-0.25, -0.2) is 4.39 Å². The van der Waals surface area contributed by atoms with E-state index in [4.69, 9.17) is 44.3 Å². The number of hydrogen-bond acceptors (Lipinski definition) is 4. The summed E-state index contributed by atoms with van der Waals surface area (Å²) in [6, 6.07) is 8.37. The molecule has 0 N–H and O–H groups in total. The van der Waals surface area contributed by atoms with Crippen LogP contribution >= 0.6 is 34.8 Å². The van der Waals surface area contributed by atoms with Gasteiger partial charge in [0.05, 0.1) is 10.0 Å². The standard InChI is InChI=1S/C17H12Cl3FO4/c18-10-7-8-14(12(20)9-10)24-15(22)5-2-6-16(23)25-17-11(19)3-1-4-13(17)21/h1,3-4,7-9H,2,5-6H2. The fourth-order valence-corrected chi connectivity index (χ4v) is 2.50. The summed E-state index contributed by atoms with van der Waals surface area (Å²) in [5.74, 6) is -2.16. The first-order chi connectivity index (χ1) is 11.9. The maximum Gasteiger partial charge on any atom is 0.311 e. The first kappa shape index (κ1) is 19.5. The Balaban J connectivity index is 1.80. The van der Waals surface area contributed by atoms with Crippen LogP contribution < -0.4 is 9.47 Å². The molecule has 0 saturated carbocycles. The minimum Gasteiger partial charge on any atom is -0.425 e. The summed E-state index contributed by atoms with van der Waals surface area (Å²) in [7, 11) is 0. The van der Waals surface area contributed by atoms with E-state index in [0.29, 0.717) is 5.02 Å². The van der Waals surface area contributed by atoms with Crippen molar-refractivity contribution in [2.75, 3.05) is 0 Å². The lowest BCUT2D eigenvalue weighted by atomic mass is 10.2. The van der Waals surface area contributed by atoms with E-state index in [1.54, 1.807) is 0 Å². The molecule has 2 aromatic rings. The Morgan fingerprint density at radius 1 is 0.920 bits per heavy atom. The predicted octanol–water partition coefficient (Wildman–Crippen LogP) is 5.47. The smallest absolute Gasteiger partial charge is 0.311 e. The fourth-order valence-electron chi connectivity index (χ4n) is 1.85. The lowest BCUT2D eigenvalue weighted by molar-refractivity contribution is -0.136. The number of halogens is 4. The molecule has 4 nitrogen and oxygen atoms in total. The van der Waals surface area contributed by atoms with Gasteiger partial charge in [-0.2, -0.15) is 0 Å². The van der Waals surface area contributed by atoms with Crippen LogP contribution in [-0.2, 0) is 9.59 Å². The normalized spacial score (nSPS) is 10.4. The highest BCUT2D eigenvalue weighted by molar-refractivity contribution is 6.35. The third-order valence-corrected chi connectivity index (χ3v) is 3.84. The molecule has 0 aliphatic heterocycles. The first-order valence-corrected chi connectivity index (χ1v) is 8.30. The van der Waals surface area contributed by atoms with Gasteiger partial charge in [0.2, 0.25) is 0 Å². The molecule has 0 saturated heterocycles. The Hall–Kier alpha value is -1.82. The summed E-state index contributed by atoms with van der Waals surface area (Å²) < 4.78 is 23.5. The maximum atomic E-state index is 13.5. The number of esters is 2. The molecule has 0 bridgehead atoms. The van der Waals surface area contributed by atoms with Crippen LogP contribution in [0.25, 0.3) is 0 Å². The minimum atomic E-state index is -0.738. The van der Waals surface area contributed by atoms with Gasteiger partial charge in [-0.15, -0.1) is 0 Å². The molecule has 0 unspecified atom stereocenters. The summed E-state index contributed by atoms with van der Waals surface area (Å²) in [6.45, 7) is 0. The highest BCUT2D eigenvalue weighted by atomic mass is 35.5. The summed E-state index contributed by atoms with van der Waals surface area (Å²) in [5, 5.41) is 0.610. The van der Waals surface area contributed by atoms with Crippen molar-refractivity contribution in [2.45, 2.75) is 19.3 Å². The van der Waals surface area contributed by atoms with Crippen molar-refractivity contribution in [1.82, 2.24) is 0 Å². The van der Waals surface area contributed by atoms with Gasteiger partial charge in [-0.3, -0.25) is 9.59 Å². The number of carbonyl (C=O) groups is 2. The first-order valence-electron chi connectivity index (χ1n) is 7.17. The molecule has 2 rings (SSSR count). The molecule has 132 valence electrons. The van der Waals surface area contributed by atoms with E-state index in [1.165, 1.54) is 30.3 Å². The van der Waals surface area contributed by atoms with Crippen molar-refractivity contribution in [3.8, 4) is 11.5 Å². The number of ether oxygens (including phenoxy) is 2. The van der Waals surface area contributed by atoms with E-state index in [1.807, 2.05) is 0 Å². The number of benzene rings is 2.